The predicted octanol–water partition coefficient (Wildman–Crippen LogP) is 1.34. The van der Waals surface area contributed by atoms with Crippen LogP contribution >= 0.6 is 0 Å². The average molecular weight is 410 g/mol. The van der Waals surface area contributed by atoms with Gasteiger partial charge < -0.3 is 14.8 Å². The second kappa shape index (κ2) is 8.81. The van der Waals surface area contributed by atoms with Crippen LogP contribution < -0.4 is 15.2 Å². The Morgan fingerprint density at radius 3 is 2.39 bits per heavy atom. The topological polar surface area (TPSA) is 125 Å². The van der Waals surface area contributed by atoms with Crippen molar-refractivity contribution < 1.29 is 31.9 Å². The molecule has 0 aliphatic heterocycles. The average Bonchev–Trinajstić information content (AvgIpc) is 2.65. The van der Waals surface area contributed by atoms with Gasteiger partial charge >= 0.3 is 5.97 Å². The lowest BCUT2D eigenvalue weighted by atomic mass is 10.2. The first kappa shape index (κ1) is 21.3. The molecule has 3 N–H and O–H groups in total. The molecule has 0 aliphatic carbocycles. The number of ether oxygens (including phenoxy) is 2. The predicted molar refractivity (Wildman–Crippen MR) is 97.5 cm³/mol. The normalized spacial score (nSPS) is 12.1. The SMILES string of the molecule is COc1ccc(CNC(=O)[C@H](C)OC(=O)c2cc(S(N)(=O)=O)ccc2F)cc1. The molecular formula is C18H19FN2O6S. The molecule has 0 radical (unpaired) electrons. The van der Waals surface area contributed by atoms with Crippen LogP contribution in [0.3, 0.4) is 0 Å². The van der Waals surface area contributed by atoms with Crippen LogP contribution in [0, 0.1) is 5.82 Å². The van der Waals surface area contributed by atoms with E-state index in [9.17, 15) is 22.4 Å². The number of halogens is 1. The van der Waals surface area contributed by atoms with Crippen LogP contribution in [0.25, 0.3) is 0 Å². The Bertz CT molecular complexity index is 976. The van der Waals surface area contributed by atoms with E-state index in [0.29, 0.717) is 5.75 Å². The van der Waals surface area contributed by atoms with Gasteiger partial charge in [0.25, 0.3) is 5.91 Å². The molecule has 2 aromatic carbocycles. The zero-order valence-corrected chi connectivity index (χ0v) is 16.0. The van der Waals surface area contributed by atoms with E-state index in [4.69, 9.17) is 14.6 Å². The summed E-state index contributed by atoms with van der Waals surface area (Å²) in [5.41, 5.74) is 0.154. The lowest BCUT2D eigenvalue weighted by molar-refractivity contribution is -0.129. The highest BCUT2D eigenvalue weighted by Crippen LogP contribution is 2.16. The minimum absolute atomic E-state index is 0.181. The van der Waals surface area contributed by atoms with Crippen LogP contribution in [0.5, 0.6) is 5.75 Å². The molecular weight excluding hydrogens is 391 g/mol. The molecule has 150 valence electrons. The number of carbonyl (C=O) groups is 2. The lowest BCUT2D eigenvalue weighted by Gasteiger charge is -2.14. The molecule has 2 rings (SSSR count). The summed E-state index contributed by atoms with van der Waals surface area (Å²) in [6, 6.07) is 9.43. The molecule has 0 aliphatic rings. The number of carbonyl (C=O) groups excluding carboxylic acids is 2. The van der Waals surface area contributed by atoms with Crippen LogP contribution in [0.15, 0.2) is 47.4 Å². The van der Waals surface area contributed by atoms with Crippen LogP contribution in [0.2, 0.25) is 0 Å². The number of hydrogen-bond acceptors (Lipinski definition) is 6. The third-order valence-electron chi connectivity index (χ3n) is 3.77. The maximum Gasteiger partial charge on any atom is 0.341 e. The summed E-state index contributed by atoms with van der Waals surface area (Å²) in [5.74, 6) is -2.12. The highest BCUT2D eigenvalue weighted by atomic mass is 32.2. The van der Waals surface area contributed by atoms with Gasteiger partial charge in [0.2, 0.25) is 10.0 Å². The molecule has 1 amide bonds. The molecule has 0 unspecified atom stereocenters. The Kier molecular flexibility index (Phi) is 6.71. The third-order valence-corrected chi connectivity index (χ3v) is 4.68. The summed E-state index contributed by atoms with van der Waals surface area (Å²) in [4.78, 5) is 23.8. The van der Waals surface area contributed by atoms with Gasteiger partial charge in [0.1, 0.15) is 11.6 Å². The number of nitrogens with two attached hydrogens (primary N) is 1. The lowest BCUT2D eigenvalue weighted by Crippen LogP contribution is -2.35. The van der Waals surface area contributed by atoms with E-state index in [-0.39, 0.29) is 6.54 Å². The number of nitrogens with one attached hydrogen (secondary N) is 1. The molecule has 1 atom stereocenters. The molecule has 0 heterocycles. The van der Waals surface area contributed by atoms with E-state index < -0.39 is 44.3 Å². The van der Waals surface area contributed by atoms with E-state index >= 15 is 0 Å². The molecule has 28 heavy (non-hydrogen) atoms. The molecule has 0 aromatic heterocycles. The highest BCUT2D eigenvalue weighted by molar-refractivity contribution is 7.89. The van der Waals surface area contributed by atoms with Crippen molar-refractivity contribution in [3.63, 3.8) is 0 Å². The molecule has 10 heteroatoms. The number of esters is 1. The molecule has 0 spiro atoms. The van der Waals surface area contributed by atoms with E-state index in [1.54, 1.807) is 24.3 Å². The van der Waals surface area contributed by atoms with Gasteiger partial charge in [0, 0.05) is 6.54 Å². The van der Waals surface area contributed by atoms with E-state index in [1.807, 2.05) is 0 Å². The zero-order chi connectivity index (χ0) is 20.9. The van der Waals surface area contributed by atoms with Crippen molar-refractivity contribution in [3.05, 3.63) is 59.4 Å². The maximum absolute atomic E-state index is 13.8. The number of hydrogen-bond donors (Lipinski definition) is 2. The molecule has 0 bridgehead atoms. The van der Waals surface area contributed by atoms with Gasteiger partial charge in [-0.15, -0.1) is 0 Å². The second-order valence-electron chi connectivity index (χ2n) is 5.80. The molecule has 0 saturated heterocycles. The first-order valence-corrected chi connectivity index (χ1v) is 9.60. The van der Waals surface area contributed by atoms with Gasteiger partial charge in [-0.25, -0.2) is 22.7 Å². The first-order valence-electron chi connectivity index (χ1n) is 8.06. The standard InChI is InChI=1S/C18H19FN2O6S/c1-11(17(22)21-10-12-3-5-13(26-2)6-4-12)27-18(23)15-9-14(28(20,24)25)7-8-16(15)19/h3-9,11H,10H2,1-2H3,(H,21,22)(H2,20,24,25)/t11-/m0/s1. The van der Waals surface area contributed by atoms with Crippen LogP contribution in [-0.2, 0) is 26.1 Å². The molecule has 2 aromatic rings. The van der Waals surface area contributed by atoms with E-state index in [0.717, 1.165) is 23.8 Å². The van der Waals surface area contributed by atoms with Gasteiger partial charge in [0.15, 0.2) is 6.10 Å². The number of sulfonamides is 1. The minimum atomic E-state index is -4.13. The molecule has 0 fully saturated rings. The second-order valence-corrected chi connectivity index (χ2v) is 7.36. The van der Waals surface area contributed by atoms with Gasteiger partial charge in [-0.1, -0.05) is 12.1 Å². The fraction of sp³-hybridized carbons (Fsp3) is 0.222. The summed E-state index contributed by atoms with van der Waals surface area (Å²) in [6.45, 7) is 1.49. The number of amides is 1. The van der Waals surface area contributed by atoms with Crippen molar-refractivity contribution in [3.8, 4) is 5.75 Å². The van der Waals surface area contributed by atoms with Crippen LogP contribution in [-0.4, -0.2) is 33.5 Å². The van der Waals surface area contributed by atoms with Crippen molar-refractivity contribution in [1.82, 2.24) is 5.32 Å². The Morgan fingerprint density at radius 2 is 1.82 bits per heavy atom. The summed E-state index contributed by atoms with van der Waals surface area (Å²) in [6.07, 6.45) is -1.23. The van der Waals surface area contributed by atoms with Gasteiger partial charge in [-0.05, 0) is 42.8 Å². The van der Waals surface area contributed by atoms with Crippen molar-refractivity contribution >= 4 is 21.9 Å². The first-order chi connectivity index (χ1) is 13.1. The van der Waals surface area contributed by atoms with Gasteiger partial charge in [-0.3, -0.25) is 4.79 Å². The molecule has 8 nitrogen and oxygen atoms in total. The smallest absolute Gasteiger partial charge is 0.341 e. The minimum Gasteiger partial charge on any atom is -0.497 e. The number of rotatable bonds is 7. The largest absolute Gasteiger partial charge is 0.497 e. The third kappa shape index (κ3) is 5.51. The Labute approximate surface area is 161 Å². The zero-order valence-electron chi connectivity index (χ0n) is 15.1. The summed E-state index contributed by atoms with van der Waals surface area (Å²) < 4.78 is 46.5. The summed E-state index contributed by atoms with van der Waals surface area (Å²) >= 11 is 0. The maximum atomic E-state index is 13.8. The van der Waals surface area contributed by atoms with Gasteiger partial charge in [-0.2, -0.15) is 0 Å². The Hall–Kier alpha value is -2.98. The fourth-order valence-electron chi connectivity index (χ4n) is 2.19. The van der Waals surface area contributed by atoms with Crippen LogP contribution in [0.4, 0.5) is 4.39 Å². The monoisotopic (exact) mass is 410 g/mol. The quantitative estimate of drug-likeness (QED) is 0.664. The van der Waals surface area contributed by atoms with Gasteiger partial charge in [0.05, 0.1) is 17.6 Å². The summed E-state index contributed by atoms with van der Waals surface area (Å²) in [7, 11) is -2.59. The fourth-order valence-corrected chi connectivity index (χ4v) is 2.73. The Balaban J connectivity index is 2.00. The molecule has 0 saturated carbocycles. The van der Waals surface area contributed by atoms with E-state index in [1.165, 1.54) is 14.0 Å². The van der Waals surface area contributed by atoms with Crippen molar-refractivity contribution in [2.75, 3.05) is 7.11 Å². The van der Waals surface area contributed by atoms with Crippen molar-refractivity contribution in [2.45, 2.75) is 24.5 Å². The summed E-state index contributed by atoms with van der Waals surface area (Å²) in [5, 5.41) is 7.54. The number of benzene rings is 2. The highest BCUT2D eigenvalue weighted by Gasteiger charge is 2.23. The van der Waals surface area contributed by atoms with Crippen LogP contribution in [0.1, 0.15) is 22.8 Å². The number of methoxy groups -OCH3 is 1. The van der Waals surface area contributed by atoms with E-state index in [2.05, 4.69) is 5.32 Å². The Morgan fingerprint density at radius 1 is 1.18 bits per heavy atom. The number of primary sulfonamides is 1. The van der Waals surface area contributed by atoms with Crippen molar-refractivity contribution in [1.29, 1.82) is 0 Å². The van der Waals surface area contributed by atoms with Crippen molar-refractivity contribution in [2.24, 2.45) is 5.14 Å².